The summed E-state index contributed by atoms with van der Waals surface area (Å²) in [6.07, 6.45) is 1.70. The fourth-order valence-electron chi connectivity index (χ4n) is 4.18. The molecular weight excluding hydrogens is 430 g/mol. The molecule has 168 valence electrons. The number of esters is 1. The molecule has 1 aromatic heterocycles. The summed E-state index contributed by atoms with van der Waals surface area (Å²) < 4.78 is 11.5. The molecule has 6 heteroatoms. The summed E-state index contributed by atoms with van der Waals surface area (Å²) >= 11 is 0. The number of para-hydroxylation sites is 1. The van der Waals surface area contributed by atoms with Gasteiger partial charge in [-0.3, -0.25) is 14.6 Å². The van der Waals surface area contributed by atoms with E-state index in [0.717, 1.165) is 11.3 Å². The molecule has 6 nitrogen and oxygen atoms in total. The van der Waals surface area contributed by atoms with Crippen LogP contribution in [0.2, 0.25) is 0 Å². The van der Waals surface area contributed by atoms with Crippen LogP contribution in [0.1, 0.15) is 45.1 Å². The van der Waals surface area contributed by atoms with Crippen LogP contribution < -0.4 is 9.47 Å². The van der Waals surface area contributed by atoms with Crippen molar-refractivity contribution in [3.8, 4) is 17.2 Å². The largest absolute Gasteiger partial charge is 0.507 e. The molecule has 0 amide bonds. The number of ketones is 1. The molecule has 0 saturated heterocycles. The van der Waals surface area contributed by atoms with Crippen molar-refractivity contribution in [2.75, 3.05) is 0 Å². The van der Waals surface area contributed by atoms with Gasteiger partial charge in [-0.25, -0.2) is 0 Å². The molecule has 0 saturated carbocycles. The van der Waals surface area contributed by atoms with Crippen molar-refractivity contribution in [1.29, 1.82) is 0 Å². The number of hydrogen-bond acceptors (Lipinski definition) is 6. The molecule has 3 aromatic carbocycles. The van der Waals surface area contributed by atoms with Crippen molar-refractivity contribution >= 4 is 11.8 Å². The Hall–Kier alpha value is -4.45. The van der Waals surface area contributed by atoms with Gasteiger partial charge in [0.2, 0.25) is 0 Å². The summed E-state index contributed by atoms with van der Waals surface area (Å²) in [6, 6.07) is 24.7. The Kier molecular flexibility index (Phi) is 5.79. The van der Waals surface area contributed by atoms with Gasteiger partial charge in [0.15, 0.2) is 5.78 Å². The Balaban J connectivity index is 1.55. The van der Waals surface area contributed by atoms with Gasteiger partial charge in [0.25, 0.3) is 0 Å². The number of carbonyl (C=O) groups excluding carboxylic acids is 2. The smallest absolute Gasteiger partial charge is 0.312 e. The molecule has 0 fully saturated rings. The van der Waals surface area contributed by atoms with Crippen LogP contribution in [0.3, 0.4) is 0 Å². The molecule has 4 aromatic rings. The maximum atomic E-state index is 13.1. The summed E-state index contributed by atoms with van der Waals surface area (Å²) in [7, 11) is 0. The third-order valence-electron chi connectivity index (χ3n) is 5.80. The van der Waals surface area contributed by atoms with E-state index in [9.17, 15) is 14.7 Å². The Labute approximate surface area is 196 Å². The Morgan fingerprint density at radius 2 is 1.74 bits per heavy atom. The maximum Gasteiger partial charge on any atom is 0.312 e. The lowest BCUT2D eigenvalue weighted by Gasteiger charge is -2.27. The molecule has 1 aliphatic heterocycles. The number of aromatic hydroxyl groups is 1. The molecule has 0 bridgehead atoms. The number of fused-ring (bicyclic) bond motifs is 1. The third kappa shape index (κ3) is 4.13. The number of nitrogens with zero attached hydrogens (tertiary/aromatic N) is 1. The highest BCUT2D eigenvalue weighted by Gasteiger charge is 2.34. The number of phenols is 1. The van der Waals surface area contributed by atoms with E-state index in [0.29, 0.717) is 16.9 Å². The maximum absolute atomic E-state index is 13.1. The molecule has 1 N–H and O–H groups in total. The minimum atomic E-state index is -0.542. The molecule has 0 unspecified atom stereocenters. The Morgan fingerprint density at radius 3 is 2.53 bits per heavy atom. The molecular formula is C28H21NO5. The second-order valence-corrected chi connectivity index (χ2v) is 7.95. The fraction of sp³-hybridized carbons (Fsp3) is 0.107. The first-order chi connectivity index (χ1) is 16.6. The number of ether oxygens (including phenoxy) is 2. The predicted molar refractivity (Wildman–Crippen MR) is 125 cm³/mol. The first-order valence-electron chi connectivity index (χ1n) is 10.9. The van der Waals surface area contributed by atoms with Crippen LogP contribution >= 0.6 is 0 Å². The normalized spacial score (nSPS) is 14.7. The first kappa shape index (κ1) is 21.4. The number of aromatic nitrogens is 1. The van der Waals surface area contributed by atoms with Crippen molar-refractivity contribution in [3.63, 3.8) is 0 Å². The molecule has 1 atom stereocenters. The summed E-state index contributed by atoms with van der Waals surface area (Å²) in [5.74, 6) is -0.654. The second-order valence-electron chi connectivity index (χ2n) is 7.95. The fourth-order valence-corrected chi connectivity index (χ4v) is 4.18. The molecule has 1 aliphatic rings. The first-order valence-corrected chi connectivity index (χ1v) is 10.9. The van der Waals surface area contributed by atoms with E-state index >= 15 is 0 Å². The number of pyridine rings is 1. The molecule has 0 spiro atoms. The van der Waals surface area contributed by atoms with Gasteiger partial charge >= 0.3 is 5.97 Å². The average Bonchev–Trinajstić information content (AvgIpc) is 2.88. The van der Waals surface area contributed by atoms with E-state index in [1.165, 1.54) is 6.07 Å². The van der Waals surface area contributed by atoms with Crippen molar-refractivity contribution < 1.29 is 24.2 Å². The average molecular weight is 451 g/mol. The monoisotopic (exact) mass is 451 g/mol. The Bertz CT molecular complexity index is 1350. The lowest BCUT2D eigenvalue weighted by atomic mass is 9.83. The van der Waals surface area contributed by atoms with E-state index in [2.05, 4.69) is 4.98 Å². The van der Waals surface area contributed by atoms with Crippen LogP contribution in [0.4, 0.5) is 0 Å². The van der Waals surface area contributed by atoms with E-state index in [1.807, 2.05) is 48.5 Å². The highest BCUT2D eigenvalue weighted by Crippen LogP contribution is 2.47. The van der Waals surface area contributed by atoms with Crippen LogP contribution in [0, 0.1) is 0 Å². The van der Waals surface area contributed by atoms with Crippen molar-refractivity contribution in [1.82, 2.24) is 4.98 Å². The standard InChI is InChI=1S/C28H21NO5/c30-25-16-22(20-11-4-5-12-23(20)33-17-19-10-6-7-15-29-19)26-24(34-25)14-13-21(28(26)32)27(31)18-8-2-1-3-9-18/h1-15,22,32H,16-17H2/t22-/m0/s1. The minimum Gasteiger partial charge on any atom is -0.507 e. The summed E-state index contributed by atoms with van der Waals surface area (Å²) in [4.78, 5) is 29.8. The number of phenolic OH excluding ortho intramolecular Hbond substituents is 1. The van der Waals surface area contributed by atoms with E-state index in [-0.39, 0.29) is 35.9 Å². The van der Waals surface area contributed by atoms with Gasteiger partial charge in [0.05, 0.1) is 17.7 Å². The SMILES string of the molecule is O=C1C[C@@H](c2ccccc2OCc2ccccn2)c2c(ccc(C(=O)c3ccccc3)c2O)O1. The molecule has 5 rings (SSSR count). The zero-order valence-electron chi connectivity index (χ0n) is 18.2. The van der Waals surface area contributed by atoms with Crippen LogP contribution in [0.5, 0.6) is 17.2 Å². The van der Waals surface area contributed by atoms with Gasteiger partial charge in [0.1, 0.15) is 23.9 Å². The zero-order valence-corrected chi connectivity index (χ0v) is 18.2. The number of hydrogen-bond donors (Lipinski definition) is 1. The number of benzene rings is 3. The van der Waals surface area contributed by atoms with Gasteiger partial charge in [-0.15, -0.1) is 0 Å². The van der Waals surface area contributed by atoms with Crippen LogP contribution in [-0.2, 0) is 11.4 Å². The summed E-state index contributed by atoms with van der Waals surface area (Å²) in [6.45, 7) is 0.250. The van der Waals surface area contributed by atoms with Crippen molar-refractivity contribution in [2.45, 2.75) is 18.9 Å². The molecule has 0 radical (unpaired) electrons. The van der Waals surface area contributed by atoms with Gasteiger partial charge in [-0.1, -0.05) is 54.6 Å². The number of carbonyl (C=O) groups is 2. The molecule has 2 heterocycles. The quantitative estimate of drug-likeness (QED) is 0.251. The molecule has 0 aliphatic carbocycles. The lowest BCUT2D eigenvalue weighted by Crippen LogP contribution is -2.22. The van der Waals surface area contributed by atoms with Gasteiger partial charge in [-0.2, -0.15) is 0 Å². The second kappa shape index (κ2) is 9.19. The van der Waals surface area contributed by atoms with E-state index < -0.39 is 11.9 Å². The van der Waals surface area contributed by atoms with Crippen molar-refractivity contribution in [2.24, 2.45) is 0 Å². The summed E-state index contributed by atoms with van der Waals surface area (Å²) in [5, 5.41) is 11.2. The van der Waals surface area contributed by atoms with Gasteiger partial charge < -0.3 is 14.6 Å². The topological polar surface area (TPSA) is 85.7 Å². The highest BCUT2D eigenvalue weighted by molar-refractivity contribution is 6.11. The Morgan fingerprint density at radius 1 is 0.971 bits per heavy atom. The van der Waals surface area contributed by atoms with Crippen LogP contribution in [-0.4, -0.2) is 21.8 Å². The van der Waals surface area contributed by atoms with Gasteiger partial charge in [0, 0.05) is 28.8 Å². The molecule has 34 heavy (non-hydrogen) atoms. The van der Waals surface area contributed by atoms with E-state index in [1.54, 1.807) is 36.5 Å². The third-order valence-corrected chi connectivity index (χ3v) is 5.80. The van der Waals surface area contributed by atoms with Gasteiger partial charge in [-0.05, 0) is 30.3 Å². The lowest BCUT2D eigenvalue weighted by molar-refractivity contribution is -0.135. The zero-order chi connectivity index (χ0) is 23.5. The number of rotatable bonds is 6. The predicted octanol–water partition coefficient (Wildman–Crippen LogP) is 5.04. The van der Waals surface area contributed by atoms with Crippen LogP contribution in [0.15, 0.2) is 91.1 Å². The van der Waals surface area contributed by atoms with E-state index in [4.69, 9.17) is 9.47 Å². The minimum absolute atomic E-state index is 0.00744. The summed E-state index contributed by atoms with van der Waals surface area (Å²) in [5.41, 5.74) is 2.49. The highest BCUT2D eigenvalue weighted by atomic mass is 16.5. The van der Waals surface area contributed by atoms with Crippen LogP contribution in [0.25, 0.3) is 0 Å². The van der Waals surface area contributed by atoms with Crippen molar-refractivity contribution in [3.05, 3.63) is 119 Å².